The average Bonchev–Trinajstić information content (AvgIpc) is 2.71. The quantitative estimate of drug-likeness (QED) is 0.861. The number of aromatic nitrogens is 3. The van der Waals surface area contributed by atoms with Gasteiger partial charge in [0.2, 0.25) is 0 Å². The Morgan fingerprint density at radius 3 is 2.56 bits per heavy atom. The summed E-state index contributed by atoms with van der Waals surface area (Å²) in [5.41, 5.74) is 1.30. The zero-order chi connectivity index (χ0) is 13.1. The molecule has 0 saturated carbocycles. The molecule has 0 spiro atoms. The monoisotopic (exact) mass is 263 g/mol. The van der Waals surface area contributed by atoms with Crippen molar-refractivity contribution >= 4 is 12.2 Å². The van der Waals surface area contributed by atoms with Gasteiger partial charge in [-0.2, -0.15) is 5.10 Å². The summed E-state index contributed by atoms with van der Waals surface area (Å²) >= 11 is 5.08. The number of aromatic amines is 1. The Labute approximate surface area is 112 Å². The van der Waals surface area contributed by atoms with Gasteiger partial charge in [0.05, 0.1) is 0 Å². The van der Waals surface area contributed by atoms with Crippen molar-refractivity contribution in [3.8, 4) is 5.75 Å². The van der Waals surface area contributed by atoms with Crippen LogP contribution in [0.15, 0.2) is 24.3 Å². The van der Waals surface area contributed by atoms with E-state index in [0.29, 0.717) is 4.77 Å². The molecule has 0 fully saturated rings. The highest BCUT2D eigenvalue weighted by Gasteiger charge is 2.13. The fraction of sp³-hybridized carbons (Fsp3) is 0.385. The summed E-state index contributed by atoms with van der Waals surface area (Å²) < 4.78 is 8.26. The summed E-state index contributed by atoms with van der Waals surface area (Å²) in [6.45, 7) is 4.09. The number of ether oxygens (including phenoxy) is 1. The van der Waals surface area contributed by atoms with Crippen LogP contribution in [0, 0.1) is 4.77 Å². The van der Waals surface area contributed by atoms with Gasteiger partial charge >= 0.3 is 0 Å². The first-order valence-corrected chi connectivity index (χ1v) is 6.39. The van der Waals surface area contributed by atoms with Crippen LogP contribution in [0.4, 0.5) is 0 Å². The minimum absolute atomic E-state index is 0.143. The van der Waals surface area contributed by atoms with Gasteiger partial charge in [-0.05, 0) is 43.3 Å². The van der Waals surface area contributed by atoms with E-state index in [0.717, 1.165) is 18.0 Å². The molecule has 0 aliphatic carbocycles. The van der Waals surface area contributed by atoms with Gasteiger partial charge < -0.3 is 9.30 Å². The number of rotatable bonds is 4. The van der Waals surface area contributed by atoms with Crippen molar-refractivity contribution in [1.29, 1.82) is 0 Å². The van der Waals surface area contributed by atoms with Crippen molar-refractivity contribution in [2.75, 3.05) is 0 Å². The topological polar surface area (TPSA) is 42.8 Å². The summed E-state index contributed by atoms with van der Waals surface area (Å²) in [5.74, 6) is 1.63. The molecule has 2 rings (SSSR count). The maximum atomic E-state index is 5.84. The molecule has 0 bridgehead atoms. The summed E-state index contributed by atoms with van der Waals surface area (Å²) in [6, 6.07) is 8.11. The predicted octanol–water partition coefficient (Wildman–Crippen LogP) is 3.18. The second kappa shape index (κ2) is 5.35. The van der Waals surface area contributed by atoms with E-state index in [2.05, 4.69) is 29.3 Å². The smallest absolute Gasteiger partial charge is 0.195 e. The molecule has 96 valence electrons. The van der Waals surface area contributed by atoms with Crippen LogP contribution >= 0.6 is 12.2 Å². The summed E-state index contributed by atoms with van der Waals surface area (Å²) in [4.78, 5) is 0. The molecule has 18 heavy (non-hydrogen) atoms. The lowest BCUT2D eigenvalue weighted by Crippen LogP contribution is -2.09. The highest BCUT2D eigenvalue weighted by Crippen LogP contribution is 2.20. The lowest BCUT2D eigenvalue weighted by atomic mass is 10.2. The molecular weight excluding hydrogens is 246 g/mol. The molecule has 5 heteroatoms. The average molecular weight is 263 g/mol. The van der Waals surface area contributed by atoms with E-state index < -0.39 is 0 Å². The lowest BCUT2D eigenvalue weighted by molar-refractivity contribution is 0.212. The van der Waals surface area contributed by atoms with Crippen molar-refractivity contribution in [3.05, 3.63) is 40.4 Å². The molecule has 1 N–H and O–H groups in total. The maximum Gasteiger partial charge on any atom is 0.195 e. The fourth-order valence-electron chi connectivity index (χ4n) is 1.78. The third kappa shape index (κ3) is 2.61. The first-order valence-electron chi connectivity index (χ1n) is 5.98. The van der Waals surface area contributed by atoms with E-state index >= 15 is 0 Å². The first kappa shape index (κ1) is 12.8. The highest BCUT2D eigenvalue weighted by atomic mass is 32.1. The molecular formula is C13H17N3OS. The van der Waals surface area contributed by atoms with Crippen LogP contribution in [0.25, 0.3) is 0 Å². The Kier molecular flexibility index (Phi) is 3.81. The van der Waals surface area contributed by atoms with E-state index in [4.69, 9.17) is 17.0 Å². The van der Waals surface area contributed by atoms with Crippen LogP contribution in [0.5, 0.6) is 5.75 Å². The summed E-state index contributed by atoms with van der Waals surface area (Å²) in [6.07, 6.45) is 0.888. The summed E-state index contributed by atoms with van der Waals surface area (Å²) in [5, 5.41) is 6.92. The second-order valence-electron chi connectivity index (χ2n) is 4.20. The van der Waals surface area contributed by atoms with Gasteiger partial charge in [0.1, 0.15) is 5.75 Å². The number of benzene rings is 1. The number of H-pyrrole nitrogens is 1. The highest BCUT2D eigenvalue weighted by molar-refractivity contribution is 7.71. The van der Waals surface area contributed by atoms with Gasteiger partial charge in [0, 0.05) is 7.05 Å². The molecule has 1 atom stereocenters. The zero-order valence-corrected chi connectivity index (χ0v) is 11.6. The van der Waals surface area contributed by atoms with Crippen molar-refractivity contribution in [3.63, 3.8) is 0 Å². The molecule has 1 aromatic carbocycles. The normalized spacial score (nSPS) is 12.4. The number of aryl methyl sites for hydroxylation is 1. The van der Waals surface area contributed by atoms with E-state index in [1.165, 1.54) is 5.56 Å². The van der Waals surface area contributed by atoms with Gasteiger partial charge in [0.15, 0.2) is 16.7 Å². The standard InChI is InChI=1S/C13H17N3OS/c1-4-10-5-7-11(8-6-10)17-9(2)12-14-15-13(18)16(12)3/h5-9H,4H2,1-3H3,(H,15,18)/t9-/m0/s1. The van der Waals surface area contributed by atoms with Crippen molar-refractivity contribution in [1.82, 2.24) is 14.8 Å². The van der Waals surface area contributed by atoms with Crippen LogP contribution in [0.2, 0.25) is 0 Å². The molecule has 0 aliphatic heterocycles. The van der Waals surface area contributed by atoms with Crippen LogP contribution in [0.3, 0.4) is 0 Å². The molecule has 1 heterocycles. The SMILES string of the molecule is CCc1ccc(O[C@@H](C)c2n[nH]c(=S)n2C)cc1. The van der Waals surface area contributed by atoms with Crippen LogP contribution in [-0.2, 0) is 13.5 Å². The van der Waals surface area contributed by atoms with Gasteiger partial charge in [-0.3, -0.25) is 5.10 Å². The molecule has 1 aromatic heterocycles. The zero-order valence-electron chi connectivity index (χ0n) is 10.8. The second-order valence-corrected chi connectivity index (χ2v) is 4.59. The Morgan fingerprint density at radius 2 is 2.06 bits per heavy atom. The van der Waals surface area contributed by atoms with E-state index in [9.17, 15) is 0 Å². The molecule has 0 aliphatic rings. The Morgan fingerprint density at radius 1 is 1.39 bits per heavy atom. The van der Waals surface area contributed by atoms with Crippen molar-refractivity contribution in [2.24, 2.45) is 7.05 Å². The minimum Gasteiger partial charge on any atom is -0.483 e. The van der Waals surface area contributed by atoms with Crippen LogP contribution < -0.4 is 4.74 Å². The third-order valence-electron chi connectivity index (χ3n) is 2.92. The van der Waals surface area contributed by atoms with Gasteiger partial charge in [-0.1, -0.05) is 19.1 Å². The van der Waals surface area contributed by atoms with Crippen LogP contribution in [0.1, 0.15) is 31.3 Å². The Bertz CT molecular complexity index is 571. The number of nitrogens with one attached hydrogen (secondary N) is 1. The molecule has 0 amide bonds. The Balaban J connectivity index is 2.13. The molecule has 0 saturated heterocycles. The van der Waals surface area contributed by atoms with Crippen molar-refractivity contribution in [2.45, 2.75) is 26.4 Å². The van der Waals surface area contributed by atoms with Gasteiger partial charge in [-0.25, -0.2) is 0 Å². The Hall–Kier alpha value is -1.62. The summed E-state index contributed by atoms with van der Waals surface area (Å²) in [7, 11) is 1.88. The lowest BCUT2D eigenvalue weighted by Gasteiger charge is -2.14. The van der Waals surface area contributed by atoms with E-state index in [1.54, 1.807) is 0 Å². The third-order valence-corrected chi connectivity index (χ3v) is 3.29. The number of nitrogens with zero attached hydrogens (tertiary/aromatic N) is 2. The molecule has 0 radical (unpaired) electrons. The van der Waals surface area contributed by atoms with Crippen LogP contribution in [-0.4, -0.2) is 14.8 Å². The molecule has 0 unspecified atom stereocenters. The first-order chi connectivity index (χ1) is 8.61. The number of hydrogen-bond donors (Lipinski definition) is 1. The molecule has 2 aromatic rings. The van der Waals surface area contributed by atoms with E-state index in [-0.39, 0.29) is 6.10 Å². The van der Waals surface area contributed by atoms with Gasteiger partial charge in [0.25, 0.3) is 0 Å². The van der Waals surface area contributed by atoms with E-state index in [1.807, 2.05) is 30.7 Å². The number of hydrogen-bond acceptors (Lipinski definition) is 3. The molecule has 4 nitrogen and oxygen atoms in total. The predicted molar refractivity (Wildman–Crippen MR) is 73.3 cm³/mol. The maximum absolute atomic E-state index is 5.84. The van der Waals surface area contributed by atoms with Crippen molar-refractivity contribution < 1.29 is 4.74 Å². The van der Waals surface area contributed by atoms with Gasteiger partial charge in [-0.15, -0.1) is 0 Å². The minimum atomic E-state index is -0.143. The largest absolute Gasteiger partial charge is 0.483 e. The fourth-order valence-corrected chi connectivity index (χ4v) is 1.92.